The van der Waals surface area contributed by atoms with Crippen molar-refractivity contribution in [3.05, 3.63) is 69.9 Å². The van der Waals surface area contributed by atoms with Gasteiger partial charge < -0.3 is 9.42 Å². The number of benzene rings is 2. The molecule has 0 saturated carbocycles. The van der Waals surface area contributed by atoms with E-state index in [1.165, 1.54) is 18.2 Å². The largest absolute Gasteiger partial charge is 0.365 e. The average molecular weight is 393 g/mol. The summed E-state index contributed by atoms with van der Waals surface area (Å²) in [4.78, 5) is 17.3. The fourth-order valence-electron chi connectivity index (χ4n) is 3.55. The number of halogens is 1. The molecule has 29 heavy (non-hydrogen) atoms. The predicted octanol–water partition coefficient (Wildman–Crippen LogP) is 4.04. The molecule has 1 aliphatic heterocycles. The Morgan fingerprint density at radius 2 is 2.17 bits per heavy atom. The summed E-state index contributed by atoms with van der Waals surface area (Å²) in [7, 11) is 0. The van der Waals surface area contributed by atoms with Crippen LogP contribution in [0.2, 0.25) is 0 Å². The number of rotatable bonds is 4. The van der Waals surface area contributed by atoms with Gasteiger partial charge in [-0.3, -0.25) is 10.1 Å². The minimum Gasteiger partial charge on any atom is -0.365 e. The first-order valence-electron chi connectivity index (χ1n) is 9.08. The number of hydrogen-bond acceptors (Lipinski definition) is 7. The van der Waals surface area contributed by atoms with Gasteiger partial charge in [-0.1, -0.05) is 17.3 Å². The van der Waals surface area contributed by atoms with Gasteiger partial charge in [-0.05, 0) is 37.1 Å². The molecule has 0 radical (unpaired) electrons. The van der Waals surface area contributed by atoms with Crippen LogP contribution in [0.1, 0.15) is 30.2 Å². The first-order valence-corrected chi connectivity index (χ1v) is 9.08. The maximum atomic E-state index is 13.4. The lowest BCUT2D eigenvalue weighted by Crippen LogP contribution is -2.34. The minimum atomic E-state index is -0.478. The summed E-state index contributed by atoms with van der Waals surface area (Å²) in [5.74, 6) is 0.242. The summed E-state index contributed by atoms with van der Waals surface area (Å²) in [5, 5.41) is 24.4. The van der Waals surface area contributed by atoms with Crippen LogP contribution >= 0.6 is 0 Å². The molecule has 2 heterocycles. The highest BCUT2D eigenvalue weighted by molar-refractivity contribution is 5.66. The van der Waals surface area contributed by atoms with Gasteiger partial charge in [0.1, 0.15) is 11.5 Å². The molecular weight excluding hydrogens is 377 g/mol. The number of nitro groups is 1. The van der Waals surface area contributed by atoms with Crippen LogP contribution in [-0.2, 0) is 0 Å². The summed E-state index contributed by atoms with van der Waals surface area (Å²) in [6.07, 6.45) is 1.59. The van der Waals surface area contributed by atoms with Crippen molar-refractivity contribution in [3.8, 4) is 17.5 Å². The first kappa shape index (κ1) is 18.6. The third-order valence-corrected chi connectivity index (χ3v) is 4.94. The molecule has 4 rings (SSSR count). The molecule has 0 unspecified atom stereocenters. The van der Waals surface area contributed by atoms with E-state index in [-0.39, 0.29) is 23.0 Å². The Morgan fingerprint density at radius 3 is 2.93 bits per heavy atom. The van der Waals surface area contributed by atoms with Gasteiger partial charge in [0.2, 0.25) is 11.7 Å². The summed E-state index contributed by atoms with van der Waals surface area (Å²) < 4.78 is 18.9. The molecule has 1 aliphatic rings. The van der Waals surface area contributed by atoms with Crippen LogP contribution in [-0.4, -0.2) is 28.2 Å². The molecule has 8 nitrogen and oxygen atoms in total. The molecule has 1 fully saturated rings. The Balaban J connectivity index is 1.58. The molecule has 0 bridgehead atoms. The van der Waals surface area contributed by atoms with E-state index in [1.54, 1.807) is 24.3 Å². The minimum absolute atomic E-state index is 0.101. The highest BCUT2D eigenvalue weighted by Crippen LogP contribution is 2.35. The van der Waals surface area contributed by atoms with Crippen molar-refractivity contribution in [2.45, 2.75) is 18.8 Å². The highest BCUT2D eigenvalue weighted by Gasteiger charge is 2.29. The molecule has 146 valence electrons. The van der Waals surface area contributed by atoms with E-state index in [9.17, 15) is 14.5 Å². The van der Waals surface area contributed by atoms with Gasteiger partial charge in [-0.25, -0.2) is 4.39 Å². The van der Waals surface area contributed by atoms with Gasteiger partial charge in [0.05, 0.1) is 22.5 Å². The van der Waals surface area contributed by atoms with Gasteiger partial charge >= 0.3 is 0 Å². The monoisotopic (exact) mass is 393 g/mol. The zero-order valence-corrected chi connectivity index (χ0v) is 15.3. The SMILES string of the molecule is N#Cc1ccc(N2CCC[C@@H](c3nc(-c4cccc(F)c4)no3)C2)c([N+](=O)[O-])c1. The van der Waals surface area contributed by atoms with Crippen LogP contribution in [0.5, 0.6) is 0 Å². The number of nitrogens with zero attached hydrogens (tertiary/aromatic N) is 5. The molecular formula is C20H16FN5O3. The molecule has 0 N–H and O–H groups in total. The summed E-state index contributed by atoms with van der Waals surface area (Å²) in [6, 6.07) is 12.3. The number of hydrogen-bond donors (Lipinski definition) is 0. The van der Waals surface area contributed by atoms with Crippen molar-refractivity contribution in [1.82, 2.24) is 10.1 Å². The number of piperidine rings is 1. The number of nitriles is 1. The van der Waals surface area contributed by atoms with E-state index in [4.69, 9.17) is 9.78 Å². The molecule has 1 atom stereocenters. The van der Waals surface area contributed by atoms with Crippen molar-refractivity contribution in [2.24, 2.45) is 0 Å². The second-order valence-corrected chi connectivity index (χ2v) is 6.82. The fraction of sp³-hybridized carbons (Fsp3) is 0.250. The van der Waals surface area contributed by atoms with Crippen molar-refractivity contribution in [1.29, 1.82) is 5.26 Å². The van der Waals surface area contributed by atoms with Gasteiger partial charge in [-0.2, -0.15) is 10.2 Å². The van der Waals surface area contributed by atoms with Gasteiger partial charge in [-0.15, -0.1) is 0 Å². The van der Waals surface area contributed by atoms with E-state index < -0.39 is 4.92 Å². The van der Waals surface area contributed by atoms with Crippen LogP contribution < -0.4 is 4.90 Å². The van der Waals surface area contributed by atoms with Crippen molar-refractivity contribution >= 4 is 11.4 Å². The first-order chi connectivity index (χ1) is 14.0. The fourth-order valence-corrected chi connectivity index (χ4v) is 3.55. The number of nitro benzene ring substituents is 1. The summed E-state index contributed by atoms with van der Waals surface area (Å²) >= 11 is 0. The Morgan fingerprint density at radius 1 is 1.31 bits per heavy atom. The lowest BCUT2D eigenvalue weighted by atomic mass is 9.97. The zero-order chi connectivity index (χ0) is 20.4. The van der Waals surface area contributed by atoms with Gasteiger partial charge in [0.25, 0.3) is 5.69 Å². The Labute approximate surface area is 165 Å². The van der Waals surface area contributed by atoms with Gasteiger partial charge in [0.15, 0.2) is 0 Å². The number of aromatic nitrogens is 2. The van der Waals surface area contributed by atoms with E-state index >= 15 is 0 Å². The van der Waals surface area contributed by atoms with Crippen molar-refractivity contribution in [2.75, 3.05) is 18.0 Å². The molecule has 0 amide bonds. The summed E-state index contributed by atoms with van der Waals surface area (Å²) in [5.41, 5.74) is 1.13. The molecule has 9 heteroatoms. The van der Waals surface area contributed by atoms with E-state index in [1.807, 2.05) is 11.0 Å². The van der Waals surface area contributed by atoms with Crippen LogP contribution in [0, 0.1) is 27.3 Å². The standard InChI is InChI=1S/C20H16FN5O3/c21-16-5-1-3-14(10-16)19-23-20(29-24-19)15-4-2-8-25(12-15)17-7-6-13(11-22)9-18(17)26(27)28/h1,3,5-7,9-10,15H,2,4,8,12H2/t15-/m1/s1. The normalized spacial score (nSPS) is 16.4. The van der Waals surface area contributed by atoms with Gasteiger partial charge in [0, 0.05) is 24.7 Å². The Hall–Kier alpha value is -3.80. The zero-order valence-electron chi connectivity index (χ0n) is 15.3. The quantitative estimate of drug-likeness (QED) is 0.486. The molecule has 0 spiro atoms. The Bertz CT molecular complexity index is 1110. The second-order valence-electron chi connectivity index (χ2n) is 6.82. The van der Waals surface area contributed by atoms with Crippen LogP contribution in [0.4, 0.5) is 15.8 Å². The second kappa shape index (κ2) is 7.67. The molecule has 1 aromatic heterocycles. The molecule has 1 saturated heterocycles. The van der Waals surface area contributed by atoms with E-state index in [0.29, 0.717) is 36.1 Å². The maximum Gasteiger partial charge on any atom is 0.293 e. The van der Waals surface area contributed by atoms with Crippen LogP contribution in [0.15, 0.2) is 47.0 Å². The third kappa shape index (κ3) is 3.78. The molecule has 2 aromatic carbocycles. The maximum absolute atomic E-state index is 13.4. The smallest absolute Gasteiger partial charge is 0.293 e. The van der Waals surface area contributed by atoms with Crippen molar-refractivity contribution in [3.63, 3.8) is 0 Å². The molecule has 3 aromatic rings. The van der Waals surface area contributed by atoms with Crippen LogP contribution in [0.25, 0.3) is 11.4 Å². The molecule has 0 aliphatic carbocycles. The predicted molar refractivity (Wildman–Crippen MR) is 102 cm³/mol. The van der Waals surface area contributed by atoms with E-state index in [0.717, 1.165) is 12.8 Å². The summed E-state index contributed by atoms with van der Waals surface area (Å²) in [6.45, 7) is 1.12. The Kier molecular flexibility index (Phi) is 4.91. The third-order valence-electron chi connectivity index (χ3n) is 4.94. The number of anilines is 1. The highest BCUT2D eigenvalue weighted by atomic mass is 19.1. The van der Waals surface area contributed by atoms with E-state index in [2.05, 4.69) is 10.1 Å². The topological polar surface area (TPSA) is 109 Å². The van der Waals surface area contributed by atoms with Crippen LogP contribution in [0.3, 0.4) is 0 Å². The average Bonchev–Trinajstić information content (AvgIpc) is 3.24. The van der Waals surface area contributed by atoms with Crippen molar-refractivity contribution < 1.29 is 13.8 Å². The lowest BCUT2D eigenvalue weighted by molar-refractivity contribution is -0.384. The lowest BCUT2D eigenvalue weighted by Gasteiger charge is -2.32.